The summed E-state index contributed by atoms with van der Waals surface area (Å²) in [6.45, 7) is 2.04. The van der Waals surface area contributed by atoms with E-state index in [0.29, 0.717) is 6.42 Å². The molecular formula is C12H12O2. The molecule has 72 valence electrons. The maximum atomic E-state index is 10.1. The highest BCUT2D eigenvalue weighted by Crippen LogP contribution is 2.04. The van der Waals surface area contributed by atoms with Crippen molar-refractivity contribution in [1.29, 1.82) is 0 Å². The molecule has 0 amide bonds. The minimum atomic E-state index is -1.06. The van der Waals surface area contributed by atoms with E-state index in [0.717, 1.165) is 6.42 Å². The van der Waals surface area contributed by atoms with Crippen LogP contribution in [-0.4, -0.2) is 11.1 Å². The third kappa shape index (κ3) is 3.77. The van der Waals surface area contributed by atoms with Crippen molar-refractivity contribution in [2.45, 2.75) is 19.8 Å². The first kappa shape index (κ1) is 10.3. The van der Waals surface area contributed by atoms with Crippen molar-refractivity contribution in [2.75, 3.05) is 0 Å². The van der Waals surface area contributed by atoms with Crippen LogP contribution in [0.2, 0.25) is 0 Å². The quantitative estimate of drug-likeness (QED) is 0.721. The van der Waals surface area contributed by atoms with Gasteiger partial charge in [-0.25, -0.2) is 4.79 Å². The number of carbonyl (C=O) groups is 1. The van der Waals surface area contributed by atoms with Crippen molar-refractivity contribution in [3.8, 4) is 11.8 Å². The average molecular weight is 188 g/mol. The predicted octanol–water partition coefficient (Wildman–Crippen LogP) is 2.02. The fraction of sp³-hybridized carbons (Fsp3) is 0.250. The van der Waals surface area contributed by atoms with Crippen LogP contribution in [-0.2, 0) is 11.2 Å². The van der Waals surface area contributed by atoms with E-state index in [1.54, 1.807) is 0 Å². The summed E-state index contributed by atoms with van der Waals surface area (Å²) in [5.41, 5.74) is 2.42. The van der Waals surface area contributed by atoms with Crippen molar-refractivity contribution in [2.24, 2.45) is 0 Å². The third-order valence-corrected chi connectivity index (χ3v) is 1.85. The van der Waals surface area contributed by atoms with Gasteiger partial charge in [-0.05, 0) is 18.9 Å². The van der Waals surface area contributed by atoms with Gasteiger partial charge in [0, 0.05) is 12.3 Å². The molecule has 0 spiro atoms. The van der Waals surface area contributed by atoms with Crippen LogP contribution < -0.4 is 0 Å². The van der Waals surface area contributed by atoms with E-state index in [9.17, 15) is 4.79 Å². The summed E-state index contributed by atoms with van der Waals surface area (Å²) in [5.74, 6) is 3.63. The zero-order valence-electron chi connectivity index (χ0n) is 8.08. The number of aryl methyl sites for hydroxylation is 2. The molecule has 0 aromatic heterocycles. The van der Waals surface area contributed by atoms with Gasteiger partial charge >= 0.3 is 5.97 Å². The Kier molecular flexibility index (Phi) is 3.75. The highest BCUT2D eigenvalue weighted by molar-refractivity contribution is 5.86. The zero-order valence-corrected chi connectivity index (χ0v) is 8.08. The first-order chi connectivity index (χ1) is 6.68. The van der Waals surface area contributed by atoms with E-state index in [1.807, 2.05) is 31.2 Å². The second kappa shape index (κ2) is 5.08. The summed E-state index contributed by atoms with van der Waals surface area (Å²) in [6.07, 6.45) is 1.40. The molecule has 0 unspecified atom stereocenters. The molecule has 0 atom stereocenters. The van der Waals surface area contributed by atoms with E-state index in [2.05, 4.69) is 11.8 Å². The first-order valence-corrected chi connectivity index (χ1v) is 4.46. The van der Waals surface area contributed by atoms with Gasteiger partial charge in [0.2, 0.25) is 0 Å². The standard InChI is InChI=1S/C12H12O2/c1-10-6-8-11(9-7-10)4-2-3-5-12(13)14/h6-9H,2,4H2,1H3,(H,13,14). The van der Waals surface area contributed by atoms with Crippen LogP contribution in [0, 0.1) is 18.8 Å². The molecule has 1 aromatic carbocycles. The lowest BCUT2D eigenvalue weighted by molar-refractivity contribution is -0.130. The minimum Gasteiger partial charge on any atom is -0.472 e. The molecule has 0 aliphatic carbocycles. The molecule has 0 heterocycles. The summed E-state index contributed by atoms with van der Waals surface area (Å²) >= 11 is 0. The summed E-state index contributed by atoms with van der Waals surface area (Å²) < 4.78 is 0. The Morgan fingerprint density at radius 2 is 2.00 bits per heavy atom. The van der Waals surface area contributed by atoms with Crippen LogP contribution in [0.1, 0.15) is 17.5 Å². The van der Waals surface area contributed by atoms with Crippen molar-refractivity contribution in [3.63, 3.8) is 0 Å². The molecule has 0 saturated heterocycles. The van der Waals surface area contributed by atoms with Gasteiger partial charge in [-0.3, -0.25) is 0 Å². The van der Waals surface area contributed by atoms with Crippen molar-refractivity contribution < 1.29 is 9.90 Å². The number of carboxylic acids is 1. The second-order valence-corrected chi connectivity index (χ2v) is 3.09. The smallest absolute Gasteiger partial charge is 0.381 e. The molecule has 1 rings (SSSR count). The van der Waals surface area contributed by atoms with E-state index in [-0.39, 0.29) is 0 Å². The second-order valence-electron chi connectivity index (χ2n) is 3.09. The summed E-state index contributed by atoms with van der Waals surface area (Å²) in [7, 11) is 0. The Hall–Kier alpha value is -1.75. The highest BCUT2D eigenvalue weighted by atomic mass is 16.4. The third-order valence-electron chi connectivity index (χ3n) is 1.85. The van der Waals surface area contributed by atoms with Gasteiger partial charge in [-0.1, -0.05) is 35.7 Å². The Morgan fingerprint density at radius 1 is 1.36 bits per heavy atom. The van der Waals surface area contributed by atoms with Gasteiger partial charge in [0.05, 0.1) is 0 Å². The Morgan fingerprint density at radius 3 is 2.57 bits per heavy atom. The molecule has 14 heavy (non-hydrogen) atoms. The maximum absolute atomic E-state index is 10.1. The van der Waals surface area contributed by atoms with Crippen LogP contribution >= 0.6 is 0 Å². The zero-order chi connectivity index (χ0) is 10.4. The van der Waals surface area contributed by atoms with E-state index in [4.69, 9.17) is 5.11 Å². The van der Waals surface area contributed by atoms with Gasteiger partial charge in [0.15, 0.2) is 0 Å². The Balaban J connectivity index is 2.44. The summed E-state index contributed by atoms with van der Waals surface area (Å²) in [6, 6.07) is 8.16. The number of benzene rings is 1. The highest BCUT2D eigenvalue weighted by Gasteiger charge is 1.90. The predicted molar refractivity (Wildman–Crippen MR) is 54.9 cm³/mol. The molecule has 2 nitrogen and oxygen atoms in total. The molecule has 2 heteroatoms. The molecule has 0 aliphatic rings. The van der Waals surface area contributed by atoms with Crippen molar-refractivity contribution in [3.05, 3.63) is 35.4 Å². The maximum Gasteiger partial charge on any atom is 0.381 e. The van der Waals surface area contributed by atoms with Crippen LogP contribution in [0.5, 0.6) is 0 Å². The minimum absolute atomic E-state index is 0.593. The van der Waals surface area contributed by atoms with Gasteiger partial charge in [0.25, 0.3) is 0 Å². The number of hydrogen-bond acceptors (Lipinski definition) is 1. The topological polar surface area (TPSA) is 37.3 Å². The van der Waals surface area contributed by atoms with Crippen LogP contribution in [0.15, 0.2) is 24.3 Å². The molecule has 0 fully saturated rings. The largest absolute Gasteiger partial charge is 0.472 e. The number of carboxylic acid groups (broad SMARTS) is 1. The van der Waals surface area contributed by atoms with E-state index in [1.165, 1.54) is 11.1 Å². The van der Waals surface area contributed by atoms with Crippen molar-refractivity contribution >= 4 is 5.97 Å². The van der Waals surface area contributed by atoms with Gasteiger partial charge < -0.3 is 5.11 Å². The van der Waals surface area contributed by atoms with Crippen molar-refractivity contribution in [1.82, 2.24) is 0 Å². The van der Waals surface area contributed by atoms with Crippen LogP contribution in [0.25, 0.3) is 0 Å². The molecule has 0 saturated carbocycles. The van der Waals surface area contributed by atoms with E-state index < -0.39 is 5.97 Å². The fourth-order valence-electron chi connectivity index (χ4n) is 1.10. The summed E-state index contributed by atoms with van der Waals surface area (Å²) in [5, 5.41) is 8.27. The number of rotatable bonds is 2. The fourth-order valence-corrected chi connectivity index (χ4v) is 1.10. The molecule has 0 aliphatic heterocycles. The molecule has 0 radical (unpaired) electrons. The van der Waals surface area contributed by atoms with Gasteiger partial charge in [-0.15, -0.1) is 0 Å². The normalized spacial score (nSPS) is 8.93. The SMILES string of the molecule is Cc1ccc(CCC#CC(=O)O)cc1. The Bertz CT molecular complexity index is 366. The molecular weight excluding hydrogens is 176 g/mol. The monoisotopic (exact) mass is 188 g/mol. The Labute approximate surface area is 83.6 Å². The first-order valence-electron chi connectivity index (χ1n) is 4.46. The molecule has 1 N–H and O–H groups in total. The molecule has 1 aromatic rings. The van der Waals surface area contributed by atoms with Crippen LogP contribution in [0.3, 0.4) is 0 Å². The number of aliphatic carboxylic acids is 1. The lowest BCUT2D eigenvalue weighted by atomic mass is 10.1. The lowest BCUT2D eigenvalue weighted by Gasteiger charge is -1.97. The van der Waals surface area contributed by atoms with Gasteiger partial charge in [-0.2, -0.15) is 0 Å². The van der Waals surface area contributed by atoms with E-state index >= 15 is 0 Å². The van der Waals surface area contributed by atoms with Crippen LogP contribution in [0.4, 0.5) is 0 Å². The number of hydrogen-bond donors (Lipinski definition) is 1. The summed E-state index contributed by atoms with van der Waals surface area (Å²) in [4.78, 5) is 10.1. The van der Waals surface area contributed by atoms with Gasteiger partial charge in [0.1, 0.15) is 0 Å². The molecule has 0 bridgehead atoms. The lowest BCUT2D eigenvalue weighted by Crippen LogP contribution is -1.88. The average Bonchev–Trinajstić information content (AvgIpc) is 2.15.